The molecule has 3 N–H and O–H groups in total. The summed E-state index contributed by atoms with van der Waals surface area (Å²) in [6.45, 7) is 7.57. The highest BCUT2D eigenvalue weighted by Gasteiger charge is 2.51. The molecule has 4 fully saturated rings. The SMILES string of the molecule is Cc1cc(C)c(-n2c(O)c(C=NC(=O)Nc3ccc(C45CC6CC(CC(C6)C4)C5)cc3C)c(=O)[nH]c2=O)c(C)c1. The van der Waals surface area contributed by atoms with Gasteiger partial charge >= 0.3 is 11.7 Å². The summed E-state index contributed by atoms with van der Waals surface area (Å²) in [7, 11) is 0. The summed E-state index contributed by atoms with van der Waals surface area (Å²) in [6.07, 6.45) is 9.00. The van der Waals surface area contributed by atoms with Crippen LogP contribution in [0.5, 0.6) is 5.88 Å². The largest absolute Gasteiger partial charge is 0.493 e. The Bertz CT molecular complexity index is 1620. The minimum Gasteiger partial charge on any atom is -0.493 e. The summed E-state index contributed by atoms with van der Waals surface area (Å²) in [5, 5.41) is 13.7. The molecular weight excluding hydrogens is 504 g/mol. The third kappa shape index (κ3) is 4.49. The number of hydrogen-bond donors (Lipinski definition) is 3. The molecule has 3 aromatic rings. The standard InChI is InChI=1S/C32H36N4O4/c1-17-7-19(3)27(20(4)8-17)36-29(38)25(28(37)35-31(36)40)16-33-30(39)34-26-6-5-24(9-18(26)2)32-13-21-10-22(14-32)12-23(11-21)15-32/h5-9,16,21-23,38H,10-15H2,1-4H3,(H,34,39)(H,35,37,40). The highest BCUT2D eigenvalue weighted by Crippen LogP contribution is 2.60. The van der Waals surface area contributed by atoms with E-state index < -0.39 is 23.2 Å². The number of aryl methyl sites for hydroxylation is 4. The Kier molecular flexibility index (Phi) is 6.32. The lowest BCUT2D eigenvalue weighted by Crippen LogP contribution is -2.48. The second-order valence-corrected chi connectivity index (χ2v) is 12.5. The molecule has 1 heterocycles. The number of anilines is 1. The minimum atomic E-state index is -0.825. The van der Waals surface area contributed by atoms with Crippen LogP contribution < -0.4 is 16.6 Å². The van der Waals surface area contributed by atoms with E-state index in [-0.39, 0.29) is 11.0 Å². The number of aliphatic imine (C=N–C) groups is 1. The van der Waals surface area contributed by atoms with Gasteiger partial charge < -0.3 is 10.4 Å². The molecule has 40 heavy (non-hydrogen) atoms. The van der Waals surface area contributed by atoms with Crippen LogP contribution in [0.2, 0.25) is 0 Å². The first kappa shape index (κ1) is 26.3. The van der Waals surface area contributed by atoms with Gasteiger partial charge in [0.2, 0.25) is 5.88 Å². The molecule has 4 saturated carbocycles. The van der Waals surface area contributed by atoms with E-state index in [4.69, 9.17) is 0 Å². The van der Waals surface area contributed by atoms with Crippen molar-refractivity contribution < 1.29 is 9.90 Å². The normalized spacial score (nSPS) is 25.1. The second kappa shape index (κ2) is 9.61. The van der Waals surface area contributed by atoms with Crippen molar-refractivity contribution in [2.24, 2.45) is 22.7 Å². The number of nitrogens with one attached hydrogen (secondary N) is 2. The minimum absolute atomic E-state index is 0.274. The van der Waals surface area contributed by atoms with Crippen LogP contribution in [0.1, 0.15) is 71.9 Å². The lowest BCUT2D eigenvalue weighted by molar-refractivity contribution is -0.00520. The zero-order valence-electron chi connectivity index (χ0n) is 23.5. The number of carbonyl (C=O) groups is 1. The molecule has 0 atom stereocenters. The zero-order valence-corrected chi connectivity index (χ0v) is 23.5. The van der Waals surface area contributed by atoms with Crippen molar-refractivity contribution in [3.63, 3.8) is 0 Å². The highest BCUT2D eigenvalue weighted by molar-refractivity contribution is 5.99. The maximum Gasteiger partial charge on any atom is 0.345 e. The van der Waals surface area contributed by atoms with Crippen LogP contribution in [0.15, 0.2) is 44.9 Å². The number of urea groups is 1. The van der Waals surface area contributed by atoms with Gasteiger partial charge in [-0.1, -0.05) is 29.8 Å². The van der Waals surface area contributed by atoms with Crippen LogP contribution in [0, 0.1) is 45.4 Å². The summed E-state index contributed by atoms with van der Waals surface area (Å²) in [4.78, 5) is 44.1. The van der Waals surface area contributed by atoms with Crippen molar-refractivity contribution in [3.8, 4) is 11.6 Å². The predicted octanol–water partition coefficient (Wildman–Crippen LogP) is 5.58. The molecule has 4 aliphatic rings. The van der Waals surface area contributed by atoms with Gasteiger partial charge in [-0.2, -0.15) is 0 Å². The maximum atomic E-state index is 12.8. The van der Waals surface area contributed by atoms with Gasteiger partial charge in [-0.05, 0) is 118 Å². The Labute approximate surface area is 233 Å². The molecule has 2 amide bonds. The molecule has 4 bridgehead atoms. The molecule has 208 valence electrons. The van der Waals surface area contributed by atoms with E-state index >= 15 is 0 Å². The molecular formula is C32H36N4O4. The number of H-pyrrole nitrogens is 1. The van der Waals surface area contributed by atoms with Crippen molar-refractivity contribution in [2.75, 3.05) is 5.32 Å². The number of aromatic hydroxyl groups is 1. The molecule has 8 heteroatoms. The van der Waals surface area contributed by atoms with E-state index in [2.05, 4.69) is 27.4 Å². The molecule has 0 unspecified atom stereocenters. The van der Waals surface area contributed by atoms with Crippen LogP contribution in [-0.2, 0) is 5.41 Å². The molecule has 0 saturated heterocycles. The summed E-state index contributed by atoms with van der Waals surface area (Å²) in [6, 6.07) is 9.41. The number of benzene rings is 2. The Morgan fingerprint density at radius 1 is 0.975 bits per heavy atom. The van der Waals surface area contributed by atoms with E-state index in [0.29, 0.717) is 11.4 Å². The first-order chi connectivity index (χ1) is 19.0. The zero-order chi connectivity index (χ0) is 28.3. The van der Waals surface area contributed by atoms with Crippen molar-refractivity contribution in [3.05, 3.63) is 84.6 Å². The maximum absolute atomic E-state index is 12.8. The van der Waals surface area contributed by atoms with Crippen molar-refractivity contribution in [1.82, 2.24) is 9.55 Å². The molecule has 7 rings (SSSR count). The van der Waals surface area contributed by atoms with Gasteiger partial charge in [-0.15, -0.1) is 0 Å². The highest BCUT2D eigenvalue weighted by atomic mass is 16.3. The van der Waals surface area contributed by atoms with Crippen LogP contribution in [0.3, 0.4) is 0 Å². The Hall–Kier alpha value is -3.94. The van der Waals surface area contributed by atoms with Crippen molar-refractivity contribution in [1.29, 1.82) is 0 Å². The van der Waals surface area contributed by atoms with Gasteiger partial charge in [0.15, 0.2) is 0 Å². The molecule has 8 nitrogen and oxygen atoms in total. The average Bonchev–Trinajstić information content (AvgIpc) is 2.85. The van der Waals surface area contributed by atoms with Crippen molar-refractivity contribution >= 4 is 17.9 Å². The summed E-state index contributed by atoms with van der Waals surface area (Å²) >= 11 is 0. The van der Waals surface area contributed by atoms with Crippen LogP contribution in [-0.4, -0.2) is 26.9 Å². The Balaban J connectivity index is 1.24. The number of amides is 2. The lowest BCUT2D eigenvalue weighted by Gasteiger charge is -2.57. The number of carbonyl (C=O) groups excluding carboxylic acids is 1. The summed E-state index contributed by atoms with van der Waals surface area (Å²) in [5.41, 5.74) is 4.41. The molecule has 1 aromatic heterocycles. The van der Waals surface area contributed by atoms with Gasteiger partial charge in [0.05, 0.1) is 11.9 Å². The lowest BCUT2D eigenvalue weighted by atomic mass is 9.48. The number of aromatic nitrogens is 2. The summed E-state index contributed by atoms with van der Waals surface area (Å²) < 4.78 is 1.04. The molecule has 4 aliphatic carbocycles. The number of hydrogen-bond acceptors (Lipinski definition) is 4. The Morgan fingerprint density at radius 3 is 2.15 bits per heavy atom. The first-order valence-corrected chi connectivity index (χ1v) is 14.2. The van der Waals surface area contributed by atoms with E-state index in [1.54, 1.807) is 0 Å². The molecule has 0 spiro atoms. The predicted molar refractivity (Wildman–Crippen MR) is 156 cm³/mol. The van der Waals surface area contributed by atoms with Gasteiger partial charge in [0.1, 0.15) is 5.56 Å². The van der Waals surface area contributed by atoms with Gasteiger partial charge in [0, 0.05) is 5.69 Å². The number of rotatable bonds is 4. The van der Waals surface area contributed by atoms with Gasteiger partial charge in [0.25, 0.3) is 5.56 Å². The van der Waals surface area contributed by atoms with Crippen LogP contribution in [0.4, 0.5) is 10.5 Å². The number of aromatic amines is 1. The van der Waals surface area contributed by atoms with Crippen molar-refractivity contribution in [2.45, 2.75) is 71.6 Å². The third-order valence-corrected chi connectivity index (χ3v) is 9.41. The monoisotopic (exact) mass is 540 g/mol. The van der Waals surface area contributed by atoms with Crippen LogP contribution >= 0.6 is 0 Å². The third-order valence-electron chi connectivity index (χ3n) is 9.41. The van der Waals surface area contributed by atoms with Crippen LogP contribution in [0.25, 0.3) is 5.69 Å². The van der Waals surface area contributed by atoms with E-state index in [1.807, 2.05) is 45.9 Å². The topological polar surface area (TPSA) is 117 Å². The fourth-order valence-corrected chi connectivity index (χ4v) is 8.26. The molecule has 2 aromatic carbocycles. The van der Waals surface area contributed by atoms with Gasteiger partial charge in [-0.25, -0.2) is 19.1 Å². The first-order valence-electron chi connectivity index (χ1n) is 14.2. The quantitative estimate of drug-likeness (QED) is 0.374. The van der Waals surface area contributed by atoms with Gasteiger partial charge in [-0.3, -0.25) is 9.78 Å². The summed E-state index contributed by atoms with van der Waals surface area (Å²) in [5.74, 6) is 1.99. The fraction of sp³-hybridized carbons (Fsp3) is 0.438. The van der Waals surface area contributed by atoms with E-state index in [1.165, 1.54) is 44.1 Å². The van der Waals surface area contributed by atoms with E-state index in [9.17, 15) is 19.5 Å². The average molecular weight is 541 g/mol. The molecule has 0 aliphatic heterocycles. The van der Waals surface area contributed by atoms with E-state index in [0.717, 1.165) is 50.8 Å². The second-order valence-electron chi connectivity index (χ2n) is 12.5. The smallest absolute Gasteiger partial charge is 0.345 e. The Morgan fingerprint density at radius 2 is 1.57 bits per heavy atom. The number of nitrogens with zero attached hydrogens (tertiary/aromatic N) is 2. The fourth-order valence-electron chi connectivity index (χ4n) is 8.26. The molecule has 0 radical (unpaired) electrons.